The smallest absolute Gasteiger partial charge is 0.335 e. The van der Waals surface area contributed by atoms with Gasteiger partial charge in [-0.3, -0.25) is 0 Å². The molecule has 0 aliphatic rings. The summed E-state index contributed by atoms with van der Waals surface area (Å²) >= 11 is 0. The van der Waals surface area contributed by atoms with Gasteiger partial charge in [-0.25, -0.2) is 9.78 Å². The van der Waals surface area contributed by atoms with Crippen LogP contribution < -0.4 is 5.73 Å². The van der Waals surface area contributed by atoms with Crippen molar-refractivity contribution in [1.29, 1.82) is 0 Å². The van der Waals surface area contributed by atoms with E-state index in [1.54, 1.807) is 24.4 Å². The molecule has 4 rings (SSSR count). The minimum absolute atomic E-state index is 0.215. The fourth-order valence-electron chi connectivity index (χ4n) is 2.64. The summed E-state index contributed by atoms with van der Waals surface area (Å²) in [7, 11) is 0. The van der Waals surface area contributed by atoms with Crippen molar-refractivity contribution in [3.8, 4) is 34.0 Å². The minimum atomic E-state index is -0.975. The molecule has 3 N–H and O–H groups in total. The number of carbonyl (C=O) groups is 1. The Kier molecular flexibility index (Phi) is 4.10. The topological polar surface area (TPSA) is 115 Å². The van der Waals surface area contributed by atoms with Crippen LogP contribution in [0.1, 0.15) is 10.4 Å². The normalized spacial score (nSPS) is 10.7. The third-order valence-corrected chi connectivity index (χ3v) is 4.06. The van der Waals surface area contributed by atoms with Gasteiger partial charge in [-0.05, 0) is 35.9 Å². The first-order valence-electron chi connectivity index (χ1n) is 8.10. The molecule has 27 heavy (non-hydrogen) atoms. The predicted octanol–water partition coefficient (Wildman–Crippen LogP) is 3.75. The average molecular weight is 358 g/mol. The number of carboxylic acids is 1. The van der Waals surface area contributed by atoms with E-state index in [9.17, 15) is 4.79 Å². The predicted molar refractivity (Wildman–Crippen MR) is 99.8 cm³/mol. The van der Waals surface area contributed by atoms with Crippen LogP contribution >= 0.6 is 0 Å². The van der Waals surface area contributed by atoms with Crippen LogP contribution in [-0.4, -0.2) is 26.3 Å². The lowest BCUT2D eigenvalue weighted by atomic mass is 10.0. The van der Waals surface area contributed by atoms with Crippen LogP contribution in [0.3, 0.4) is 0 Å². The highest BCUT2D eigenvalue weighted by Crippen LogP contribution is 2.30. The maximum absolute atomic E-state index is 11.0. The van der Waals surface area contributed by atoms with Crippen molar-refractivity contribution in [3.63, 3.8) is 0 Å². The lowest BCUT2D eigenvalue weighted by Crippen LogP contribution is -1.97. The average Bonchev–Trinajstić information content (AvgIpc) is 3.19. The van der Waals surface area contributed by atoms with E-state index in [0.717, 1.165) is 16.7 Å². The van der Waals surface area contributed by atoms with Gasteiger partial charge in [-0.15, -0.1) is 10.2 Å². The summed E-state index contributed by atoms with van der Waals surface area (Å²) in [5.41, 5.74) is 9.10. The zero-order valence-electron chi connectivity index (χ0n) is 14.0. The Morgan fingerprint density at radius 2 is 1.59 bits per heavy atom. The maximum atomic E-state index is 11.0. The van der Waals surface area contributed by atoms with Crippen LogP contribution in [0.25, 0.3) is 34.0 Å². The van der Waals surface area contributed by atoms with E-state index in [0.29, 0.717) is 11.5 Å². The van der Waals surface area contributed by atoms with Crippen molar-refractivity contribution in [2.24, 2.45) is 0 Å². The number of anilines is 1. The number of aromatic nitrogens is 3. The zero-order chi connectivity index (χ0) is 18.8. The van der Waals surface area contributed by atoms with Gasteiger partial charge < -0.3 is 15.3 Å². The summed E-state index contributed by atoms with van der Waals surface area (Å²) in [6, 6.07) is 17.7. The van der Waals surface area contributed by atoms with E-state index >= 15 is 0 Å². The fraction of sp³-hybridized carbons (Fsp3) is 0. The van der Waals surface area contributed by atoms with E-state index in [1.165, 1.54) is 12.1 Å². The second kappa shape index (κ2) is 6.72. The molecule has 0 atom stereocenters. The number of benzene rings is 2. The fourth-order valence-corrected chi connectivity index (χ4v) is 2.64. The number of aromatic carboxylic acids is 1. The molecular formula is C20H14N4O3. The highest BCUT2D eigenvalue weighted by atomic mass is 16.4. The molecule has 4 aromatic rings. The third-order valence-electron chi connectivity index (χ3n) is 4.06. The molecule has 7 nitrogen and oxygen atoms in total. The van der Waals surface area contributed by atoms with Crippen molar-refractivity contribution in [1.82, 2.24) is 15.2 Å². The number of pyridine rings is 1. The molecule has 132 valence electrons. The standard InChI is InChI=1S/C20H14N4O3/c21-17-16(19-24-23-18(27-19)13-4-2-1-3-5-13)10-15(11-22-17)12-6-8-14(9-7-12)20(25)26/h1-11H,(H2,21,22)(H,25,26). The van der Waals surface area contributed by atoms with Crippen LogP contribution in [0.15, 0.2) is 71.3 Å². The number of nitrogens with two attached hydrogens (primary N) is 1. The monoisotopic (exact) mass is 358 g/mol. The first-order valence-corrected chi connectivity index (χ1v) is 8.10. The molecule has 0 saturated heterocycles. The Balaban J connectivity index is 1.71. The number of hydrogen-bond acceptors (Lipinski definition) is 6. The van der Waals surface area contributed by atoms with E-state index in [-0.39, 0.29) is 17.3 Å². The van der Waals surface area contributed by atoms with Crippen molar-refractivity contribution in [2.75, 3.05) is 5.73 Å². The Labute approximate surface area is 154 Å². The van der Waals surface area contributed by atoms with Gasteiger partial charge in [-0.2, -0.15) is 0 Å². The molecule has 0 saturated carbocycles. The largest absolute Gasteiger partial charge is 0.478 e. The van der Waals surface area contributed by atoms with Crippen LogP contribution in [0.2, 0.25) is 0 Å². The minimum Gasteiger partial charge on any atom is -0.478 e. The summed E-state index contributed by atoms with van der Waals surface area (Å²) in [6.45, 7) is 0. The molecule has 0 aliphatic carbocycles. The van der Waals surface area contributed by atoms with Crippen molar-refractivity contribution < 1.29 is 14.3 Å². The third kappa shape index (κ3) is 3.25. The highest BCUT2D eigenvalue weighted by molar-refractivity contribution is 5.88. The van der Waals surface area contributed by atoms with E-state index in [4.69, 9.17) is 15.3 Å². The molecule has 0 spiro atoms. The van der Waals surface area contributed by atoms with Crippen LogP contribution in [0.4, 0.5) is 5.82 Å². The molecular weight excluding hydrogens is 344 g/mol. The number of nitrogens with zero attached hydrogens (tertiary/aromatic N) is 3. The van der Waals surface area contributed by atoms with Gasteiger partial charge in [-0.1, -0.05) is 30.3 Å². The lowest BCUT2D eigenvalue weighted by molar-refractivity contribution is 0.0697. The van der Waals surface area contributed by atoms with Crippen LogP contribution in [0.5, 0.6) is 0 Å². The van der Waals surface area contributed by atoms with Crippen molar-refractivity contribution >= 4 is 11.8 Å². The first-order chi connectivity index (χ1) is 13.1. The van der Waals surface area contributed by atoms with Gasteiger partial charge in [0, 0.05) is 17.3 Å². The van der Waals surface area contributed by atoms with Crippen LogP contribution in [0, 0.1) is 0 Å². The number of hydrogen-bond donors (Lipinski definition) is 2. The van der Waals surface area contributed by atoms with E-state index < -0.39 is 5.97 Å². The number of rotatable bonds is 4. The second-order valence-electron chi connectivity index (χ2n) is 5.82. The van der Waals surface area contributed by atoms with Gasteiger partial charge in [0.05, 0.1) is 11.1 Å². The van der Waals surface area contributed by atoms with E-state index in [1.807, 2.05) is 30.3 Å². The lowest BCUT2D eigenvalue weighted by Gasteiger charge is -2.06. The molecule has 0 fully saturated rings. The maximum Gasteiger partial charge on any atom is 0.335 e. The first kappa shape index (κ1) is 16.5. The second-order valence-corrected chi connectivity index (χ2v) is 5.82. The molecule has 0 radical (unpaired) electrons. The molecule has 0 unspecified atom stereocenters. The number of nitrogen functional groups attached to an aromatic ring is 1. The Bertz CT molecular complexity index is 1110. The van der Waals surface area contributed by atoms with Gasteiger partial charge in [0.1, 0.15) is 5.82 Å². The van der Waals surface area contributed by atoms with Crippen molar-refractivity contribution in [2.45, 2.75) is 0 Å². The Hall–Kier alpha value is -4.00. The Morgan fingerprint density at radius 1 is 0.889 bits per heavy atom. The zero-order valence-corrected chi connectivity index (χ0v) is 14.0. The van der Waals surface area contributed by atoms with Crippen LogP contribution in [-0.2, 0) is 0 Å². The summed E-state index contributed by atoms with van der Waals surface area (Å²) in [4.78, 5) is 15.2. The van der Waals surface area contributed by atoms with E-state index in [2.05, 4.69) is 15.2 Å². The summed E-state index contributed by atoms with van der Waals surface area (Å²) in [5.74, 6) is -0.0507. The molecule has 7 heteroatoms. The highest BCUT2D eigenvalue weighted by Gasteiger charge is 2.15. The summed E-state index contributed by atoms with van der Waals surface area (Å²) in [6.07, 6.45) is 1.61. The summed E-state index contributed by atoms with van der Waals surface area (Å²) < 4.78 is 5.76. The Morgan fingerprint density at radius 3 is 2.30 bits per heavy atom. The molecule has 2 aromatic carbocycles. The molecule has 2 aromatic heterocycles. The molecule has 0 aliphatic heterocycles. The number of carboxylic acid groups (broad SMARTS) is 1. The van der Waals surface area contributed by atoms with Gasteiger partial charge in [0.15, 0.2) is 0 Å². The van der Waals surface area contributed by atoms with Gasteiger partial charge in [0.25, 0.3) is 5.89 Å². The SMILES string of the molecule is Nc1ncc(-c2ccc(C(=O)O)cc2)cc1-c1nnc(-c2ccccc2)o1. The molecule has 0 amide bonds. The quantitative estimate of drug-likeness (QED) is 0.571. The molecule has 0 bridgehead atoms. The summed E-state index contributed by atoms with van der Waals surface area (Å²) in [5, 5.41) is 17.2. The van der Waals surface area contributed by atoms with Crippen molar-refractivity contribution in [3.05, 3.63) is 72.4 Å². The molecule has 2 heterocycles. The van der Waals surface area contributed by atoms with Gasteiger partial charge >= 0.3 is 5.97 Å². The van der Waals surface area contributed by atoms with Gasteiger partial charge in [0.2, 0.25) is 5.89 Å².